The number of aliphatic imine (C=N–C) groups is 1. The summed E-state index contributed by atoms with van der Waals surface area (Å²) in [5.41, 5.74) is 2.32. The summed E-state index contributed by atoms with van der Waals surface area (Å²) in [6, 6.07) is 20.4. The first kappa shape index (κ1) is 22.7. The van der Waals surface area contributed by atoms with Crippen LogP contribution in [-0.4, -0.2) is 42.2 Å². The number of nitrogens with zero attached hydrogens (tertiary/aromatic N) is 2. The Bertz CT molecular complexity index is 808. The molecular formula is C25H28MgN2O2. The number of ether oxygens (including phenoxy) is 2. The summed E-state index contributed by atoms with van der Waals surface area (Å²) in [5.74, 6) is 1.18. The molecule has 1 saturated heterocycles. The molecule has 0 N–H and O–H groups in total. The van der Waals surface area contributed by atoms with E-state index >= 15 is 0 Å². The van der Waals surface area contributed by atoms with Crippen LogP contribution in [0.15, 0.2) is 77.6 Å². The predicted molar refractivity (Wildman–Crippen MR) is 122 cm³/mol. The van der Waals surface area contributed by atoms with E-state index in [2.05, 4.69) is 41.0 Å². The summed E-state index contributed by atoms with van der Waals surface area (Å²) in [4.78, 5) is 4.60. The first-order chi connectivity index (χ1) is 14.4. The monoisotopic (exact) mass is 412 g/mol. The number of rotatable bonds is 3. The van der Waals surface area contributed by atoms with Crippen LogP contribution in [0.5, 0.6) is 0 Å². The van der Waals surface area contributed by atoms with Crippen LogP contribution in [0, 0.1) is 6.42 Å². The third-order valence-electron chi connectivity index (χ3n) is 5.28. The van der Waals surface area contributed by atoms with Crippen LogP contribution in [0.4, 0.5) is 0 Å². The van der Waals surface area contributed by atoms with Crippen molar-refractivity contribution in [2.75, 3.05) is 13.2 Å². The van der Waals surface area contributed by atoms with Gasteiger partial charge in [0.25, 0.3) is 0 Å². The maximum atomic E-state index is 5.66. The molecule has 0 aromatic heterocycles. The molecule has 2 fully saturated rings. The quantitative estimate of drug-likeness (QED) is 0.464. The van der Waals surface area contributed by atoms with Crippen LogP contribution < -0.4 is 0 Å². The Morgan fingerprint density at radius 2 is 1.50 bits per heavy atom. The van der Waals surface area contributed by atoms with E-state index < -0.39 is 0 Å². The Balaban J connectivity index is 0.000000317. The summed E-state index contributed by atoms with van der Waals surface area (Å²) >= 11 is 0. The van der Waals surface area contributed by atoms with E-state index in [1.807, 2.05) is 36.4 Å². The second-order valence-electron chi connectivity index (χ2n) is 7.48. The van der Waals surface area contributed by atoms with Gasteiger partial charge in [0.15, 0.2) is 0 Å². The molecular weight excluding hydrogens is 385 g/mol. The van der Waals surface area contributed by atoms with Gasteiger partial charge in [0.1, 0.15) is 12.6 Å². The fourth-order valence-electron chi connectivity index (χ4n) is 3.64. The van der Waals surface area contributed by atoms with Gasteiger partial charge in [0.2, 0.25) is 5.90 Å². The largest absolute Gasteiger partial charge is 2.00 e. The van der Waals surface area contributed by atoms with Crippen LogP contribution in [0.2, 0.25) is 0 Å². The molecule has 5 heteroatoms. The number of benzene rings is 2. The Kier molecular flexibility index (Phi) is 9.09. The molecule has 0 radical (unpaired) electrons. The van der Waals surface area contributed by atoms with Crippen molar-refractivity contribution in [3.05, 3.63) is 95.5 Å². The number of hydrogen-bond donors (Lipinski definition) is 0. The van der Waals surface area contributed by atoms with Crippen LogP contribution >= 0.6 is 0 Å². The molecule has 2 aliphatic heterocycles. The third kappa shape index (κ3) is 6.51. The maximum absolute atomic E-state index is 5.66. The molecule has 5 rings (SSSR count). The minimum Gasteiger partial charge on any atom is -0.645 e. The zero-order valence-electron chi connectivity index (χ0n) is 17.5. The molecule has 2 heterocycles. The Morgan fingerprint density at radius 3 is 2.10 bits per heavy atom. The van der Waals surface area contributed by atoms with Crippen molar-refractivity contribution in [2.24, 2.45) is 4.99 Å². The molecule has 2 aromatic rings. The Morgan fingerprint density at radius 1 is 0.833 bits per heavy atom. The third-order valence-corrected chi connectivity index (χ3v) is 5.28. The molecule has 2 atom stereocenters. The molecule has 2 aromatic carbocycles. The van der Waals surface area contributed by atoms with Crippen molar-refractivity contribution in [1.82, 2.24) is 0 Å². The average molecular weight is 413 g/mol. The van der Waals surface area contributed by atoms with Crippen molar-refractivity contribution in [3.8, 4) is 0 Å². The maximum Gasteiger partial charge on any atom is 2.00 e. The van der Waals surface area contributed by atoms with Gasteiger partial charge in [0.05, 0.1) is 6.61 Å². The molecule has 0 amide bonds. The topological polar surface area (TPSA) is 44.9 Å². The van der Waals surface area contributed by atoms with Gasteiger partial charge in [0, 0.05) is 12.0 Å². The van der Waals surface area contributed by atoms with Gasteiger partial charge in [-0.15, -0.1) is 0 Å². The van der Waals surface area contributed by atoms with Crippen LogP contribution in [0.3, 0.4) is 0 Å². The van der Waals surface area contributed by atoms with Gasteiger partial charge in [-0.05, 0) is 5.56 Å². The summed E-state index contributed by atoms with van der Waals surface area (Å²) in [6.45, 7) is 1.12. The van der Waals surface area contributed by atoms with E-state index in [4.69, 9.17) is 9.47 Å². The molecule has 3 aliphatic rings. The van der Waals surface area contributed by atoms with Crippen molar-refractivity contribution in [3.63, 3.8) is 0 Å². The molecule has 1 saturated carbocycles. The minimum atomic E-state index is 0. The Hall–Kier alpha value is -1.98. The van der Waals surface area contributed by atoms with E-state index in [-0.39, 0.29) is 35.1 Å². The SMILES string of the molecule is C(/C1=N[C@@H](c2ccccc2)CO1)=C1/[N-][C@@H](c2ccccc2)CO1.[CH-]1CCCCC1.[Mg+2]. The van der Waals surface area contributed by atoms with E-state index in [0.717, 1.165) is 11.1 Å². The zero-order chi connectivity index (χ0) is 19.7. The van der Waals surface area contributed by atoms with Gasteiger partial charge in [-0.2, -0.15) is 12.8 Å². The van der Waals surface area contributed by atoms with E-state index in [0.29, 0.717) is 25.0 Å². The second-order valence-corrected chi connectivity index (χ2v) is 7.48. The second kappa shape index (κ2) is 12.0. The van der Waals surface area contributed by atoms with Crippen molar-refractivity contribution in [1.29, 1.82) is 0 Å². The van der Waals surface area contributed by atoms with E-state index in [9.17, 15) is 0 Å². The first-order valence-electron chi connectivity index (χ1n) is 10.6. The standard InChI is InChI=1S/C19H17N2O2.C6H11.Mg/c1-3-7-14(8-4-1)16-12-22-18(20-16)11-19-21-17(13-23-19)15-9-5-2-6-10-15;1-2-4-6-5-3-1;/h1-11,16-17H,12-13H2;1H,2-6H2;/q2*-1;+2/b18-11+;;/t16-,17-;;/m1../s1. The van der Waals surface area contributed by atoms with Gasteiger partial charge < -0.3 is 21.2 Å². The van der Waals surface area contributed by atoms with Gasteiger partial charge >= 0.3 is 23.1 Å². The first-order valence-corrected chi connectivity index (χ1v) is 10.6. The van der Waals surface area contributed by atoms with Crippen LogP contribution in [0.25, 0.3) is 5.32 Å². The molecule has 152 valence electrons. The van der Waals surface area contributed by atoms with Crippen molar-refractivity contribution >= 4 is 29.0 Å². The molecule has 1 aliphatic carbocycles. The molecule has 0 bridgehead atoms. The molecule has 4 nitrogen and oxygen atoms in total. The minimum absolute atomic E-state index is 0. The summed E-state index contributed by atoms with van der Waals surface area (Å²) in [7, 11) is 0. The normalized spacial score (nSPS) is 23.7. The van der Waals surface area contributed by atoms with Crippen LogP contribution in [-0.2, 0) is 9.47 Å². The van der Waals surface area contributed by atoms with E-state index in [1.54, 1.807) is 6.08 Å². The van der Waals surface area contributed by atoms with Crippen molar-refractivity contribution in [2.45, 2.75) is 44.2 Å². The fraction of sp³-hybridized carbons (Fsp3) is 0.360. The smallest absolute Gasteiger partial charge is 0.645 e. The Labute approximate surface area is 195 Å². The number of hydrogen-bond acceptors (Lipinski definition) is 3. The van der Waals surface area contributed by atoms with Crippen molar-refractivity contribution < 1.29 is 9.47 Å². The summed E-state index contributed by atoms with van der Waals surface area (Å²) in [6.07, 6.45) is 11.3. The molecule has 0 unspecified atom stereocenters. The fourth-order valence-corrected chi connectivity index (χ4v) is 3.64. The summed E-state index contributed by atoms with van der Waals surface area (Å²) in [5, 5.41) is 4.60. The van der Waals surface area contributed by atoms with Gasteiger partial charge in [-0.1, -0.05) is 91.5 Å². The average Bonchev–Trinajstić information content (AvgIpc) is 3.47. The predicted octanol–water partition coefficient (Wildman–Crippen LogP) is 5.92. The zero-order valence-corrected chi connectivity index (χ0v) is 18.9. The molecule has 0 spiro atoms. The van der Waals surface area contributed by atoms with E-state index in [1.165, 1.54) is 32.1 Å². The molecule has 30 heavy (non-hydrogen) atoms. The van der Waals surface area contributed by atoms with Crippen LogP contribution in [0.1, 0.15) is 55.3 Å². The summed E-state index contributed by atoms with van der Waals surface area (Å²) < 4.78 is 11.3. The van der Waals surface area contributed by atoms with Gasteiger partial charge in [-0.25, -0.2) is 4.99 Å². The van der Waals surface area contributed by atoms with Gasteiger partial charge in [-0.3, -0.25) is 0 Å².